The molecule has 3 heteroatoms. The molecule has 2 saturated carbocycles. The van der Waals surface area contributed by atoms with Gasteiger partial charge in [-0.3, -0.25) is 4.79 Å². The summed E-state index contributed by atoms with van der Waals surface area (Å²) >= 11 is 0. The average Bonchev–Trinajstić information content (AvgIpc) is 2.28. The lowest BCUT2D eigenvalue weighted by Gasteiger charge is -2.36. The fraction of sp³-hybridized carbons (Fsp3) is 0.933. The van der Waals surface area contributed by atoms with Gasteiger partial charge in [0.1, 0.15) is 0 Å². The lowest BCUT2D eigenvalue weighted by molar-refractivity contribution is -0.142. The molecule has 2 aliphatic carbocycles. The van der Waals surface area contributed by atoms with Gasteiger partial charge >= 0.3 is 5.97 Å². The van der Waals surface area contributed by atoms with Gasteiger partial charge < -0.3 is 10.4 Å². The molecule has 0 aromatic heterocycles. The Kier molecular flexibility index (Phi) is 4.66. The number of carboxylic acids is 1. The van der Waals surface area contributed by atoms with Crippen molar-refractivity contribution in [2.24, 2.45) is 17.8 Å². The second kappa shape index (κ2) is 6.05. The van der Waals surface area contributed by atoms with Gasteiger partial charge in [-0.1, -0.05) is 13.8 Å². The Hall–Kier alpha value is -0.570. The van der Waals surface area contributed by atoms with Crippen molar-refractivity contribution in [2.75, 3.05) is 0 Å². The van der Waals surface area contributed by atoms with Gasteiger partial charge in [0.05, 0.1) is 5.92 Å². The minimum atomic E-state index is -0.603. The van der Waals surface area contributed by atoms with E-state index in [-0.39, 0.29) is 5.92 Å². The Labute approximate surface area is 110 Å². The van der Waals surface area contributed by atoms with E-state index >= 15 is 0 Å². The van der Waals surface area contributed by atoms with Crippen molar-refractivity contribution in [1.29, 1.82) is 0 Å². The standard InChI is InChI=1S/C15H27NO2/c1-10-7-11(2)9-14(8-10)16-13-5-3-12(4-6-13)15(17)18/h10-14,16H,3-9H2,1-2H3,(H,17,18). The molecule has 0 radical (unpaired) electrons. The summed E-state index contributed by atoms with van der Waals surface area (Å²) in [6, 6.07) is 1.22. The van der Waals surface area contributed by atoms with Crippen molar-refractivity contribution in [2.45, 2.75) is 70.9 Å². The first-order valence-corrected chi connectivity index (χ1v) is 7.53. The third kappa shape index (κ3) is 3.71. The Morgan fingerprint density at radius 2 is 1.50 bits per heavy atom. The molecular formula is C15H27NO2. The van der Waals surface area contributed by atoms with Crippen molar-refractivity contribution in [1.82, 2.24) is 5.32 Å². The lowest BCUT2D eigenvalue weighted by Crippen LogP contribution is -2.44. The summed E-state index contributed by atoms with van der Waals surface area (Å²) in [4.78, 5) is 10.9. The fourth-order valence-electron chi connectivity index (χ4n) is 3.92. The SMILES string of the molecule is CC1CC(C)CC(NC2CCC(C(=O)O)CC2)C1. The molecule has 104 valence electrons. The van der Waals surface area contributed by atoms with Crippen LogP contribution in [0.15, 0.2) is 0 Å². The maximum Gasteiger partial charge on any atom is 0.306 e. The molecule has 0 amide bonds. The fourth-order valence-corrected chi connectivity index (χ4v) is 3.92. The maximum absolute atomic E-state index is 10.9. The molecular weight excluding hydrogens is 226 g/mol. The number of hydrogen-bond acceptors (Lipinski definition) is 2. The van der Waals surface area contributed by atoms with E-state index in [0.717, 1.165) is 37.5 Å². The van der Waals surface area contributed by atoms with Crippen molar-refractivity contribution in [3.05, 3.63) is 0 Å². The van der Waals surface area contributed by atoms with Gasteiger partial charge in [0.25, 0.3) is 0 Å². The molecule has 2 N–H and O–H groups in total. The van der Waals surface area contributed by atoms with E-state index in [1.54, 1.807) is 0 Å². The normalized spacial score (nSPS) is 41.6. The zero-order valence-electron chi connectivity index (χ0n) is 11.7. The van der Waals surface area contributed by atoms with Crippen LogP contribution in [0.4, 0.5) is 0 Å². The quantitative estimate of drug-likeness (QED) is 0.812. The highest BCUT2D eigenvalue weighted by atomic mass is 16.4. The zero-order valence-corrected chi connectivity index (χ0v) is 11.7. The van der Waals surface area contributed by atoms with Gasteiger partial charge in [-0.15, -0.1) is 0 Å². The first kappa shape index (κ1) is 13.9. The topological polar surface area (TPSA) is 49.3 Å². The molecule has 0 spiro atoms. The first-order chi connectivity index (χ1) is 8.54. The van der Waals surface area contributed by atoms with Crippen LogP contribution < -0.4 is 5.32 Å². The van der Waals surface area contributed by atoms with Crippen LogP contribution in [-0.2, 0) is 4.79 Å². The van der Waals surface area contributed by atoms with E-state index in [1.165, 1.54) is 19.3 Å². The summed E-state index contributed by atoms with van der Waals surface area (Å²) in [6.45, 7) is 4.71. The Balaban J connectivity index is 1.75. The number of carboxylic acid groups (broad SMARTS) is 1. The zero-order chi connectivity index (χ0) is 13.1. The minimum Gasteiger partial charge on any atom is -0.481 e. The monoisotopic (exact) mass is 253 g/mol. The number of hydrogen-bond donors (Lipinski definition) is 2. The second-order valence-corrected chi connectivity index (χ2v) is 6.67. The van der Waals surface area contributed by atoms with Crippen LogP contribution in [-0.4, -0.2) is 23.2 Å². The minimum absolute atomic E-state index is 0.0905. The van der Waals surface area contributed by atoms with Gasteiger partial charge in [-0.25, -0.2) is 0 Å². The molecule has 2 atom stereocenters. The molecule has 0 aromatic carbocycles. The van der Waals surface area contributed by atoms with Crippen LogP contribution in [0.1, 0.15) is 58.8 Å². The third-order valence-electron chi connectivity index (χ3n) is 4.73. The molecule has 2 rings (SSSR count). The highest BCUT2D eigenvalue weighted by Gasteiger charge is 2.29. The van der Waals surface area contributed by atoms with E-state index in [2.05, 4.69) is 19.2 Å². The van der Waals surface area contributed by atoms with Crippen molar-refractivity contribution >= 4 is 5.97 Å². The summed E-state index contributed by atoms with van der Waals surface area (Å²) in [5, 5.41) is 12.8. The van der Waals surface area contributed by atoms with E-state index in [0.29, 0.717) is 12.1 Å². The smallest absolute Gasteiger partial charge is 0.306 e. The van der Waals surface area contributed by atoms with Crippen molar-refractivity contribution in [3.8, 4) is 0 Å². The predicted octanol–water partition coefficient (Wildman–Crippen LogP) is 3.04. The summed E-state index contributed by atoms with van der Waals surface area (Å²) in [6.07, 6.45) is 7.73. The molecule has 0 aromatic rings. The highest BCUT2D eigenvalue weighted by molar-refractivity contribution is 5.70. The van der Waals surface area contributed by atoms with Crippen molar-refractivity contribution in [3.63, 3.8) is 0 Å². The molecule has 0 aliphatic heterocycles. The van der Waals surface area contributed by atoms with Crippen LogP contribution in [0.5, 0.6) is 0 Å². The Morgan fingerprint density at radius 3 is 2.00 bits per heavy atom. The van der Waals surface area contributed by atoms with E-state index in [9.17, 15) is 4.79 Å². The van der Waals surface area contributed by atoms with Gasteiger partial charge in [-0.2, -0.15) is 0 Å². The summed E-state index contributed by atoms with van der Waals surface area (Å²) < 4.78 is 0. The van der Waals surface area contributed by atoms with Gasteiger partial charge in [0.2, 0.25) is 0 Å². The second-order valence-electron chi connectivity index (χ2n) is 6.67. The van der Waals surface area contributed by atoms with E-state index < -0.39 is 5.97 Å². The molecule has 3 nitrogen and oxygen atoms in total. The van der Waals surface area contributed by atoms with Crippen LogP contribution in [0.25, 0.3) is 0 Å². The Morgan fingerprint density at radius 1 is 0.944 bits per heavy atom. The Bertz CT molecular complexity index is 274. The highest BCUT2D eigenvalue weighted by Crippen LogP contribution is 2.31. The van der Waals surface area contributed by atoms with Crippen LogP contribution in [0, 0.1) is 17.8 Å². The van der Waals surface area contributed by atoms with Gasteiger partial charge in [0.15, 0.2) is 0 Å². The summed E-state index contributed by atoms with van der Waals surface area (Å²) in [7, 11) is 0. The molecule has 2 fully saturated rings. The third-order valence-corrected chi connectivity index (χ3v) is 4.73. The number of nitrogens with one attached hydrogen (secondary N) is 1. The molecule has 2 unspecified atom stereocenters. The largest absolute Gasteiger partial charge is 0.481 e. The number of carbonyl (C=O) groups is 1. The van der Waals surface area contributed by atoms with Crippen LogP contribution in [0.2, 0.25) is 0 Å². The van der Waals surface area contributed by atoms with Crippen molar-refractivity contribution < 1.29 is 9.90 Å². The van der Waals surface area contributed by atoms with Gasteiger partial charge in [-0.05, 0) is 56.8 Å². The average molecular weight is 253 g/mol. The summed E-state index contributed by atoms with van der Waals surface area (Å²) in [5.74, 6) is 0.976. The molecule has 18 heavy (non-hydrogen) atoms. The number of aliphatic carboxylic acids is 1. The van der Waals surface area contributed by atoms with E-state index in [1.807, 2.05) is 0 Å². The molecule has 0 heterocycles. The lowest BCUT2D eigenvalue weighted by atomic mass is 9.79. The predicted molar refractivity (Wildman–Crippen MR) is 72.5 cm³/mol. The van der Waals surface area contributed by atoms with E-state index in [4.69, 9.17) is 5.11 Å². The summed E-state index contributed by atoms with van der Waals surface area (Å²) in [5.41, 5.74) is 0. The van der Waals surface area contributed by atoms with Crippen LogP contribution in [0.3, 0.4) is 0 Å². The number of rotatable bonds is 3. The molecule has 0 saturated heterocycles. The van der Waals surface area contributed by atoms with Gasteiger partial charge in [0, 0.05) is 12.1 Å². The maximum atomic E-state index is 10.9. The molecule has 0 bridgehead atoms. The first-order valence-electron chi connectivity index (χ1n) is 7.53. The molecule has 2 aliphatic rings. The van der Waals surface area contributed by atoms with Crippen LogP contribution >= 0.6 is 0 Å².